The molecule has 0 aromatic heterocycles. The van der Waals surface area contributed by atoms with Crippen molar-refractivity contribution in [2.24, 2.45) is 10.8 Å². The van der Waals surface area contributed by atoms with Crippen molar-refractivity contribution in [2.45, 2.75) is 72.6 Å². The van der Waals surface area contributed by atoms with E-state index in [2.05, 4.69) is 0 Å². The molecule has 0 bridgehead atoms. The Morgan fingerprint density at radius 3 is 1.33 bits per heavy atom. The highest BCUT2D eigenvalue weighted by molar-refractivity contribution is 5.81. The van der Waals surface area contributed by atoms with E-state index in [9.17, 15) is 9.59 Å². The monoisotopic (exact) mass is 300 g/mol. The van der Waals surface area contributed by atoms with E-state index in [-0.39, 0.29) is 35.6 Å². The third kappa shape index (κ3) is 10.6. The van der Waals surface area contributed by atoms with Crippen molar-refractivity contribution < 1.29 is 19.8 Å². The third-order valence-electron chi connectivity index (χ3n) is 3.93. The Balaban J connectivity index is 3.79. The molecule has 4 nitrogen and oxygen atoms in total. The van der Waals surface area contributed by atoms with Crippen molar-refractivity contribution in [3.05, 3.63) is 0 Å². The Bertz CT molecular complexity index is 300. The van der Waals surface area contributed by atoms with Gasteiger partial charge in [0.1, 0.15) is 11.6 Å². The van der Waals surface area contributed by atoms with Crippen molar-refractivity contribution in [1.29, 1.82) is 0 Å². The minimum atomic E-state index is -0.207. The van der Waals surface area contributed by atoms with Crippen LogP contribution in [-0.4, -0.2) is 35.0 Å². The molecule has 0 rings (SSSR count). The first kappa shape index (κ1) is 20.3. The van der Waals surface area contributed by atoms with Crippen molar-refractivity contribution in [2.75, 3.05) is 13.2 Å². The van der Waals surface area contributed by atoms with Crippen LogP contribution in [0, 0.1) is 10.8 Å². The molecule has 0 atom stereocenters. The highest BCUT2D eigenvalue weighted by atomic mass is 16.3. The summed E-state index contributed by atoms with van der Waals surface area (Å²) < 4.78 is 0. The van der Waals surface area contributed by atoms with Crippen LogP contribution in [0.2, 0.25) is 0 Å². The number of Topliss-reactive ketones (excluding diaryl/α,β-unsaturated/α-hetero) is 2. The van der Waals surface area contributed by atoms with Crippen LogP contribution in [0.4, 0.5) is 0 Å². The molecule has 0 heterocycles. The Labute approximate surface area is 128 Å². The number of ketones is 2. The van der Waals surface area contributed by atoms with Crippen molar-refractivity contribution >= 4 is 11.6 Å². The number of hydrogen-bond donors (Lipinski definition) is 2. The molecule has 4 heteroatoms. The number of aliphatic hydroxyl groups excluding tert-OH is 2. The van der Waals surface area contributed by atoms with Crippen LogP contribution < -0.4 is 0 Å². The summed E-state index contributed by atoms with van der Waals surface area (Å²) >= 11 is 0. The van der Waals surface area contributed by atoms with Crippen LogP contribution in [0.25, 0.3) is 0 Å². The van der Waals surface area contributed by atoms with E-state index in [0.717, 1.165) is 0 Å². The zero-order chi connectivity index (χ0) is 16.5. The maximum absolute atomic E-state index is 11.7. The van der Waals surface area contributed by atoms with Crippen LogP contribution >= 0.6 is 0 Å². The van der Waals surface area contributed by atoms with Crippen molar-refractivity contribution in [3.63, 3.8) is 0 Å². The van der Waals surface area contributed by atoms with Crippen LogP contribution in [0.5, 0.6) is 0 Å². The third-order valence-corrected chi connectivity index (χ3v) is 3.93. The predicted molar refractivity (Wildman–Crippen MR) is 84.1 cm³/mol. The second-order valence-electron chi connectivity index (χ2n) is 7.58. The van der Waals surface area contributed by atoms with Gasteiger partial charge in [0.15, 0.2) is 0 Å². The highest BCUT2D eigenvalue weighted by Gasteiger charge is 2.19. The second kappa shape index (κ2) is 9.31. The van der Waals surface area contributed by atoms with Crippen molar-refractivity contribution in [1.82, 2.24) is 0 Å². The number of aliphatic hydroxyl groups is 2. The van der Waals surface area contributed by atoms with Crippen LogP contribution in [-0.2, 0) is 9.59 Å². The van der Waals surface area contributed by atoms with Gasteiger partial charge >= 0.3 is 0 Å². The fraction of sp³-hybridized carbons (Fsp3) is 0.882. The molecule has 2 N–H and O–H groups in total. The normalized spacial score (nSPS) is 12.5. The van der Waals surface area contributed by atoms with E-state index in [0.29, 0.717) is 44.9 Å². The van der Waals surface area contributed by atoms with Crippen LogP contribution in [0.3, 0.4) is 0 Å². The molecule has 124 valence electrons. The molecule has 21 heavy (non-hydrogen) atoms. The summed E-state index contributed by atoms with van der Waals surface area (Å²) in [7, 11) is 0. The quantitative estimate of drug-likeness (QED) is 0.581. The van der Waals surface area contributed by atoms with Gasteiger partial charge in [-0.25, -0.2) is 0 Å². The summed E-state index contributed by atoms with van der Waals surface area (Å²) in [6.45, 7) is 7.91. The number of carbonyl (C=O) groups is 2. The molecule has 0 unspecified atom stereocenters. The smallest absolute Gasteiger partial charge is 0.132 e. The van der Waals surface area contributed by atoms with Gasteiger partial charge in [0.2, 0.25) is 0 Å². The van der Waals surface area contributed by atoms with Gasteiger partial charge in [-0.05, 0) is 30.1 Å². The minimum absolute atomic E-state index is 0.0827. The zero-order valence-electron chi connectivity index (χ0n) is 14.1. The Morgan fingerprint density at radius 1 is 0.714 bits per heavy atom. The summed E-state index contributed by atoms with van der Waals surface area (Å²) in [5.41, 5.74) is -0.414. The van der Waals surface area contributed by atoms with Crippen molar-refractivity contribution in [3.8, 4) is 0 Å². The van der Waals surface area contributed by atoms with E-state index in [1.807, 2.05) is 27.7 Å². The molecule has 0 aliphatic carbocycles. The van der Waals surface area contributed by atoms with Gasteiger partial charge in [0.25, 0.3) is 0 Å². The van der Waals surface area contributed by atoms with Gasteiger partial charge in [0, 0.05) is 38.9 Å². The highest BCUT2D eigenvalue weighted by Crippen LogP contribution is 2.23. The first-order valence-electron chi connectivity index (χ1n) is 7.87. The zero-order valence-corrected chi connectivity index (χ0v) is 14.1. The lowest BCUT2D eigenvalue weighted by Crippen LogP contribution is -2.18. The summed E-state index contributed by atoms with van der Waals surface area (Å²) in [5.74, 6) is 0.333. The molecular weight excluding hydrogens is 268 g/mol. The Kier molecular flexibility index (Phi) is 8.98. The molecule has 0 aliphatic heterocycles. The van der Waals surface area contributed by atoms with E-state index in [1.54, 1.807) is 0 Å². The molecule has 0 fully saturated rings. The topological polar surface area (TPSA) is 74.6 Å². The Hall–Kier alpha value is -0.740. The lowest BCUT2D eigenvalue weighted by atomic mass is 9.86. The SMILES string of the molecule is CC(C)(CO)CCC(=O)CCCC(=O)CCC(C)(C)CO. The fourth-order valence-electron chi connectivity index (χ4n) is 1.85. The van der Waals surface area contributed by atoms with Crippen LogP contribution in [0.1, 0.15) is 72.6 Å². The molecule has 0 radical (unpaired) electrons. The number of hydrogen-bond acceptors (Lipinski definition) is 4. The van der Waals surface area contributed by atoms with Gasteiger partial charge < -0.3 is 10.2 Å². The summed E-state index contributed by atoms with van der Waals surface area (Å²) in [6, 6.07) is 0. The lowest BCUT2D eigenvalue weighted by Gasteiger charge is -2.21. The van der Waals surface area contributed by atoms with E-state index >= 15 is 0 Å². The molecule has 0 saturated heterocycles. The summed E-state index contributed by atoms with van der Waals surface area (Å²) in [6.07, 6.45) is 3.80. The average molecular weight is 300 g/mol. The number of carbonyl (C=O) groups excluding carboxylic acids is 2. The first-order chi connectivity index (χ1) is 9.62. The Morgan fingerprint density at radius 2 is 1.05 bits per heavy atom. The molecular formula is C17H32O4. The van der Waals surface area contributed by atoms with Gasteiger partial charge in [-0.15, -0.1) is 0 Å². The van der Waals surface area contributed by atoms with Gasteiger partial charge in [-0.2, -0.15) is 0 Å². The molecule has 0 amide bonds. The lowest BCUT2D eigenvalue weighted by molar-refractivity contribution is -0.121. The fourth-order valence-corrected chi connectivity index (χ4v) is 1.85. The summed E-state index contributed by atoms with van der Waals surface area (Å²) in [5, 5.41) is 18.3. The van der Waals surface area contributed by atoms with Gasteiger partial charge in [0.05, 0.1) is 0 Å². The molecule has 0 aromatic rings. The van der Waals surface area contributed by atoms with Gasteiger partial charge in [-0.1, -0.05) is 27.7 Å². The molecule has 0 spiro atoms. The number of rotatable bonds is 12. The maximum atomic E-state index is 11.7. The van der Waals surface area contributed by atoms with Gasteiger partial charge in [-0.3, -0.25) is 9.59 Å². The molecule has 0 aromatic carbocycles. The first-order valence-corrected chi connectivity index (χ1v) is 7.87. The minimum Gasteiger partial charge on any atom is -0.396 e. The van der Waals surface area contributed by atoms with Crippen LogP contribution in [0.15, 0.2) is 0 Å². The van der Waals surface area contributed by atoms with E-state index in [4.69, 9.17) is 10.2 Å². The molecule has 0 aliphatic rings. The largest absolute Gasteiger partial charge is 0.396 e. The average Bonchev–Trinajstić information content (AvgIpc) is 2.43. The predicted octanol–water partition coefficient (Wildman–Crippen LogP) is 2.89. The second-order valence-corrected chi connectivity index (χ2v) is 7.58. The van der Waals surface area contributed by atoms with E-state index < -0.39 is 0 Å². The van der Waals surface area contributed by atoms with E-state index in [1.165, 1.54) is 0 Å². The molecule has 0 saturated carbocycles. The maximum Gasteiger partial charge on any atom is 0.132 e. The standard InChI is InChI=1S/C17H32O4/c1-16(2,12-18)10-8-14(20)6-5-7-15(21)9-11-17(3,4)13-19/h18-19H,5-13H2,1-4H3. The summed E-state index contributed by atoms with van der Waals surface area (Å²) in [4.78, 5) is 23.4.